The SMILES string of the molecule is CN(C[C@]1(O)CCCN(c2ccc3nccn3n2)C1)C(=O)CC1(CC(=O)O)CCCC1. The van der Waals surface area contributed by atoms with Crippen LogP contribution in [0.25, 0.3) is 5.65 Å². The molecule has 31 heavy (non-hydrogen) atoms. The molecule has 0 spiro atoms. The van der Waals surface area contributed by atoms with Crippen LogP contribution in [0, 0.1) is 5.41 Å². The Labute approximate surface area is 181 Å². The number of fused-ring (bicyclic) bond motifs is 1. The number of carbonyl (C=O) groups is 2. The topological polar surface area (TPSA) is 111 Å². The number of hydrogen-bond donors (Lipinski definition) is 2. The van der Waals surface area contributed by atoms with E-state index in [1.54, 1.807) is 28.9 Å². The lowest BCUT2D eigenvalue weighted by Gasteiger charge is -2.42. The van der Waals surface area contributed by atoms with E-state index in [0.29, 0.717) is 13.0 Å². The number of piperidine rings is 1. The number of carboxylic acids is 1. The summed E-state index contributed by atoms with van der Waals surface area (Å²) in [6.45, 7) is 1.39. The van der Waals surface area contributed by atoms with E-state index in [0.717, 1.165) is 50.1 Å². The molecule has 1 amide bonds. The highest BCUT2D eigenvalue weighted by Gasteiger charge is 2.41. The molecule has 2 N–H and O–H groups in total. The van der Waals surface area contributed by atoms with Crippen LogP contribution in [0.15, 0.2) is 24.5 Å². The molecule has 2 aromatic rings. The third-order valence-corrected chi connectivity index (χ3v) is 6.79. The van der Waals surface area contributed by atoms with Crippen molar-refractivity contribution in [3.05, 3.63) is 24.5 Å². The third-order valence-electron chi connectivity index (χ3n) is 6.79. The minimum atomic E-state index is -1.04. The number of amides is 1. The Bertz CT molecular complexity index is 954. The summed E-state index contributed by atoms with van der Waals surface area (Å²) in [5, 5.41) is 25.2. The molecule has 1 saturated carbocycles. The largest absolute Gasteiger partial charge is 0.481 e. The van der Waals surface area contributed by atoms with Crippen molar-refractivity contribution in [2.24, 2.45) is 5.41 Å². The molecule has 168 valence electrons. The molecular weight excluding hydrogens is 398 g/mol. The number of carboxylic acid groups (broad SMARTS) is 1. The molecule has 2 aromatic heterocycles. The average molecular weight is 430 g/mol. The van der Waals surface area contributed by atoms with Gasteiger partial charge in [0.2, 0.25) is 5.91 Å². The number of rotatable bonds is 7. The highest BCUT2D eigenvalue weighted by molar-refractivity contribution is 5.78. The summed E-state index contributed by atoms with van der Waals surface area (Å²) in [4.78, 5) is 32.1. The molecule has 2 aliphatic rings. The van der Waals surface area contributed by atoms with E-state index in [4.69, 9.17) is 0 Å². The summed E-state index contributed by atoms with van der Waals surface area (Å²) in [7, 11) is 1.71. The van der Waals surface area contributed by atoms with Crippen LogP contribution < -0.4 is 4.90 Å². The van der Waals surface area contributed by atoms with Gasteiger partial charge in [-0.05, 0) is 43.2 Å². The third kappa shape index (κ3) is 4.81. The molecule has 0 aromatic carbocycles. The minimum absolute atomic E-state index is 0.0347. The maximum Gasteiger partial charge on any atom is 0.303 e. The summed E-state index contributed by atoms with van der Waals surface area (Å²) in [6, 6.07) is 3.80. The van der Waals surface area contributed by atoms with Crippen LogP contribution in [-0.2, 0) is 9.59 Å². The summed E-state index contributed by atoms with van der Waals surface area (Å²) >= 11 is 0. The fourth-order valence-electron chi connectivity index (χ4n) is 5.26. The Hall–Kier alpha value is -2.68. The van der Waals surface area contributed by atoms with Crippen molar-refractivity contribution < 1.29 is 19.8 Å². The number of nitrogens with zero attached hydrogens (tertiary/aromatic N) is 5. The van der Waals surface area contributed by atoms with Gasteiger partial charge in [0.1, 0.15) is 5.82 Å². The fourth-order valence-corrected chi connectivity index (χ4v) is 5.26. The van der Waals surface area contributed by atoms with Crippen LogP contribution in [0.5, 0.6) is 0 Å². The van der Waals surface area contributed by atoms with Gasteiger partial charge in [0, 0.05) is 39.0 Å². The van der Waals surface area contributed by atoms with Gasteiger partial charge in [-0.1, -0.05) is 12.8 Å². The highest BCUT2D eigenvalue weighted by atomic mass is 16.4. The predicted molar refractivity (Wildman–Crippen MR) is 115 cm³/mol. The van der Waals surface area contributed by atoms with Crippen LogP contribution >= 0.6 is 0 Å². The van der Waals surface area contributed by atoms with Crippen molar-refractivity contribution in [3.63, 3.8) is 0 Å². The van der Waals surface area contributed by atoms with Gasteiger partial charge in [0.15, 0.2) is 5.65 Å². The van der Waals surface area contributed by atoms with Gasteiger partial charge in [-0.3, -0.25) is 9.59 Å². The average Bonchev–Trinajstić information content (AvgIpc) is 3.36. The molecule has 3 heterocycles. The van der Waals surface area contributed by atoms with E-state index in [-0.39, 0.29) is 25.3 Å². The summed E-state index contributed by atoms with van der Waals surface area (Å²) < 4.78 is 1.71. The molecule has 2 fully saturated rings. The van der Waals surface area contributed by atoms with E-state index < -0.39 is 17.0 Å². The molecular formula is C22H31N5O4. The van der Waals surface area contributed by atoms with E-state index >= 15 is 0 Å². The smallest absolute Gasteiger partial charge is 0.303 e. The quantitative estimate of drug-likeness (QED) is 0.692. The fraction of sp³-hybridized carbons (Fsp3) is 0.636. The molecule has 1 atom stereocenters. The van der Waals surface area contributed by atoms with Gasteiger partial charge in [0.25, 0.3) is 0 Å². The van der Waals surface area contributed by atoms with Crippen LogP contribution in [-0.4, -0.2) is 73.9 Å². The van der Waals surface area contributed by atoms with Crippen molar-refractivity contribution in [2.45, 2.75) is 57.0 Å². The Kier molecular flexibility index (Phi) is 5.88. The maximum absolute atomic E-state index is 13.0. The number of carbonyl (C=O) groups excluding carboxylic acids is 1. The molecule has 1 saturated heterocycles. The lowest BCUT2D eigenvalue weighted by atomic mass is 9.79. The second kappa shape index (κ2) is 8.45. The molecule has 9 heteroatoms. The van der Waals surface area contributed by atoms with Gasteiger partial charge in [0.05, 0.1) is 18.6 Å². The zero-order valence-corrected chi connectivity index (χ0v) is 18.0. The van der Waals surface area contributed by atoms with Crippen molar-refractivity contribution in [1.29, 1.82) is 0 Å². The number of aliphatic hydroxyl groups is 1. The molecule has 1 aliphatic carbocycles. The monoisotopic (exact) mass is 429 g/mol. The van der Waals surface area contributed by atoms with Gasteiger partial charge in [-0.25, -0.2) is 9.50 Å². The first-order chi connectivity index (χ1) is 14.8. The summed E-state index contributed by atoms with van der Waals surface area (Å²) in [5.74, 6) is -0.170. The number of imidazole rings is 1. The van der Waals surface area contributed by atoms with Gasteiger partial charge >= 0.3 is 5.97 Å². The van der Waals surface area contributed by atoms with E-state index in [9.17, 15) is 19.8 Å². The normalized spacial score (nSPS) is 23.2. The lowest BCUT2D eigenvalue weighted by molar-refractivity contribution is -0.142. The standard InChI is InChI=1S/C22H31N5O4/c1-25(19(28)13-21(14-20(29)30)7-2-3-8-21)15-22(31)9-4-11-26(16-22)18-6-5-17-23-10-12-27(17)24-18/h5-6,10,12,31H,2-4,7-9,11,13-16H2,1H3,(H,29,30)/t22-/m1/s1. The Morgan fingerprint density at radius 3 is 2.68 bits per heavy atom. The number of hydrogen-bond acceptors (Lipinski definition) is 6. The van der Waals surface area contributed by atoms with Gasteiger partial charge in [-0.2, -0.15) is 0 Å². The van der Waals surface area contributed by atoms with Crippen molar-refractivity contribution in [1.82, 2.24) is 19.5 Å². The summed E-state index contributed by atoms with van der Waals surface area (Å²) in [5.41, 5.74) is -0.713. The van der Waals surface area contributed by atoms with Gasteiger partial charge < -0.3 is 20.0 Å². The number of likely N-dealkylation sites (N-methyl/N-ethyl adjacent to an activating group) is 1. The van der Waals surface area contributed by atoms with E-state index in [1.807, 2.05) is 17.0 Å². The highest BCUT2D eigenvalue weighted by Crippen LogP contribution is 2.44. The summed E-state index contributed by atoms with van der Waals surface area (Å²) in [6.07, 6.45) is 8.65. The van der Waals surface area contributed by atoms with Crippen LogP contribution in [0.2, 0.25) is 0 Å². The van der Waals surface area contributed by atoms with Crippen LogP contribution in [0.1, 0.15) is 51.4 Å². The predicted octanol–water partition coefficient (Wildman–Crippen LogP) is 1.94. The molecule has 9 nitrogen and oxygen atoms in total. The maximum atomic E-state index is 13.0. The Morgan fingerprint density at radius 2 is 1.94 bits per heavy atom. The molecule has 1 aliphatic heterocycles. The zero-order chi connectivity index (χ0) is 22.1. The lowest BCUT2D eigenvalue weighted by Crippen LogP contribution is -2.55. The number of anilines is 1. The Balaban J connectivity index is 1.41. The van der Waals surface area contributed by atoms with E-state index in [2.05, 4.69) is 10.1 Å². The second-order valence-electron chi connectivity index (χ2n) is 9.38. The first-order valence-corrected chi connectivity index (χ1v) is 11.0. The van der Waals surface area contributed by atoms with Crippen molar-refractivity contribution in [2.75, 3.05) is 31.6 Å². The van der Waals surface area contributed by atoms with E-state index in [1.165, 1.54) is 0 Å². The molecule has 4 rings (SSSR count). The number of aliphatic carboxylic acids is 1. The minimum Gasteiger partial charge on any atom is -0.481 e. The molecule has 0 unspecified atom stereocenters. The first-order valence-electron chi connectivity index (χ1n) is 11.0. The molecule has 0 radical (unpaired) electrons. The van der Waals surface area contributed by atoms with Crippen molar-refractivity contribution in [3.8, 4) is 0 Å². The first kappa shape index (κ1) is 21.5. The van der Waals surface area contributed by atoms with Crippen molar-refractivity contribution >= 4 is 23.3 Å². The van der Waals surface area contributed by atoms with Gasteiger partial charge in [-0.15, -0.1) is 5.10 Å². The number of aromatic nitrogens is 3. The van der Waals surface area contributed by atoms with Crippen LogP contribution in [0.4, 0.5) is 5.82 Å². The second-order valence-corrected chi connectivity index (χ2v) is 9.38. The number of β-amino-alcohol motifs (C(OH)–C–C–N with tert-alkyl or cyclic N) is 1. The zero-order valence-electron chi connectivity index (χ0n) is 18.0. The Morgan fingerprint density at radius 1 is 1.16 bits per heavy atom. The van der Waals surface area contributed by atoms with Crippen LogP contribution in [0.3, 0.4) is 0 Å². The molecule has 0 bridgehead atoms.